The van der Waals surface area contributed by atoms with Crippen LogP contribution < -0.4 is 5.73 Å². The highest BCUT2D eigenvalue weighted by Crippen LogP contribution is 2.31. The summed E-state index contributed by atoms with van der Waals surface area (Å²) in [5.74, 6) is 0. The molecule has 1 unspecified atom stereocenters. The van der Waals surface area contributed by atoms with E-state index in [9.17, 15) is 4.39 Å². The van der Waals surface area contributed by atoms with E-state index in [0.29, 0.717) is 12.8 Å². The van der Waals surface area contributed by atoms with Crippen molar-refractivity contribution in [1.29, 1.82) is 0 Å². The minimum Gasteiger partial charge on any atom is -0.328 e. The van der Waals surface area contributed by atoms with Gasteiger partial charge < -0.3 is 5.73 Å². The Kier molecular flexibility index (Phi) is 2.31. The number of hydrogen-bond donors (Lipinski definition) is 1. The Bertz CT molecular complexity index is 348. The van der Waals surface area contributed by atoms with E-state index in [1.165, 1.54) is 11.1 Å². The van der Waals surface area contributed by atoms with Crippen LogP contribution in [0, 0.1) is 6.92 Å². The summed E-state index contributed by atoms with van der Waals surface area (Å²) >= 11 is 0. The molecule has 0 fully saturated rings. The molecule has 1 atom stereocenters. The molecule has 0 aromatic heterocycles. The summed E-state index contributed by atoms with van der Waals surface area (Å²) in [6.07, 6.45) is 1.88. The van der Waals surface area contributed by atoms with E-state index in [2.05, 4.69) is 13.0 Å². The molecule has 0 aliphatic heterocycles. The van der Waals surface area contributed by atoms with Gasteiger partial charge in [0.2, 0.25) is 0 Å². The van der Waals surface area contributed by atoms with Crippen LogP contribution in [-0.2, 0) is 12.8 Å². The molecule has 76 valence electrons. The number of rotatable bonds is 1. The van der Waals surface area contributed by atoms with Crippen LogP contribution in [0.5, 0.6) is 0 Å². The van der Waals surface area contributed by atoms with Crippen molar-refractivity contribution in [2.45, 2.75) is 31.9 Å². The topological polar surface area (TPSA) is 26.0 Å². The summed E-state index contributed by atoms with van der Waals surface area (Å²) in [5, 5.41) is 0. The number of benzene rings is 1. The highest BCUT2D eigenvalue weighted by Gasteiger charge is 2.32. The monoisotopic (exact) mass is 193 g/mol. The van der Waals surface area contributed by atoms with E-state index in [1.807, 2.05) is 12.1 Å². The fourth-order valence-electron chi connectivity index (χ4n) is 2.12. The van der Waals surface area contributed by atoms with Crippen molar-refractivity contribution in [2.75, 3.05) is 6.54 Å². The molecule has 0 saturated carbocycles. The predicted octanol–water partition coefficient (Wildman–Crippen LogP) is 2.15. The molecule has 2 heteroatoms. The third kappa shape index (κ3) is 1.67. The fraction of sp³-hybridized carbons (Fsp3) is 0.500. The van der Waals surface area contributed by atoms with Gasteiger partial charge in [0.1, 0.15) is 5.67 Å². The molecule has 0 amide bonds. The minimum absolute atomic E-state index is 0.139. The molecule has 1 aliphatic carbocycles. The Morgan fingerprint density at radius 2 is 2.21 bits per heavy atom. The van der Waals surface area contributed by atoms with Crippen LogP contribution in [0.15, 0.2) is 18.2 Å². The van der Waals surface area contributed by atoms with Gasteiger partial charge >= 0.3 is 0 Å². The van der Waals surface area contributed by atoms with Gasteiger partial charge in [0.05, 0.1) is 0 Å². The second-order valence-corrected chi connectivity index (χ2v) is 4.30. The van der Waals surface area contributed by atoms with E-state index in [4.69, 9.17) is 5.73 Å². The van der Waals surface area contributed by atoms with Crippen molar-refractivity contribution in [3.63, 3.8) is 0 Å². The van der Waals surface area contributed by atoms with Gasteiger partial charge in [0.15, 0.2) is 0 Å². The number of aryl methyl sites for hydroxylation is 2. The molecule has 1 aliphatic rings. The first-order valence-electron chi connectivity index (χ1n) is 5.10. The standard InChI is InChI=1S/C12H16FN/c1-9-2-3-11-7-12(13,8-14)5-4-10(11)6-9/h2-3,6H,4-5,7-8,14H2,1H3. The van der Waals surface area contributed by atoms with E-state index < -0.39 is 5.67 Å². The first kappa shape index (κ1) is 9.66. The van der Waals surface area contributed by atoms with Crippen LogP contribution in [0.1, 0.15) is 23.1 Å². The normalized spacial score (nSPS) is 25.9. The molecule has 1 aromatic carbocycles. The zero-order valence-electron chi connectivity index (χ0n) is 8.52. The van der Waals surface area contributed by atoms with Crippen LogP contribution in [0.4, 0.5) is 4.39 Å². The third-order valence-electron chi connectivity index (χ3n) is 3.08. The molecule has 0 radical (unpaired) electrons. The van der Waals surface area contributed by atoms with E-state index in [1.54, 1.807) is 0 Å². The lowest BCUT2D eigenvalue weighted by Gasteiger charge is -2.30. The number of halogens is 1. The van der Waals surface area contributed by atoms with Crippen LogP contribution in [0.3, 0.4) is 0 Å². The number of fused-ring (bicyclic) bond motifs is 1. The van der Waals surface area contributed by atoms with Crippen LogP contribution in [0.25, 0.3) is 0 Å². The Balaban J connectivity index is 2.31. The zero-order valence-corrected chi connectivity index (χ0v) is 8.52. The van der Waals surface area contributed by atoms with Gasteiger partial charge in [0, 0.05) is 13.0 Å². The van der Waals surface area contributed by atoms with Crippen molar-refractivity contribution < 1.29 is 4.39 Å². The SMILES string of the molecule is Cc1ccc2c(c1)CCC(F)(CN)C2. The summed E-state index contributed by atoms with van der Waals surface area (Å²) in [4.78, 5) is 0. The van der Waals surface area contributed by atoms with Gasteiger partial charge in [-0.25, -0.2) is 4.39 Å². The van der Waals surface area contributed by atoms with Gasteiger partial charge in [-0.3, -0.25) is 0 Å². The first-order chi connectivity index (χ1) is 6.63. The van der Waals surface area contributed by atoms with Crippen molar-refractivity contribution in [2.24, 2.45) is 5.73 Å². The van der Waals surface area contributed by atoms with Crippen molar-refractivity contribution in [3.05, 3.63) is 34.9 Å². The van der Waals surface area contributed by atoms with Gasteiger partial charge in [-0.2, -0.15) is 0 Å². The Hall–Kier alpha value is -0.890. The van der Waals surface area contributed by atoms with Crippen LogP contribution >= 0.6 is 0 Å². The maximum Gasteiger partial charge on any atom is 0.127 e. The number of alkyl halides is 1. The maximum absolute atomic E-state index is 14.0. The Morgan fingerprint density at radius 3 is 2.93 bits per heavy atom. The van der Waals surface area contributed by atoms with Crippen molar-refractivity contribution in [1.82, 2.24) is 0 Å². The molecule has 0 saturated heterocycles. The molecule has 2 rings (SSSR count). The summed E-state index contributed by atoms with van der Waals surface area (Å²) in [5.41, 5.74) is 7.97. The van der Waals surface area contributed by atoms with Crippen LogP contribution in [-0.4, -0.2) is 12.2 Å². The quantitative estimate of drug-likeness (QED) is 0.726. The highest BCUT2D eigenvalue weighted by molar-refractivity contribution is 5.35. The molecule has 0 spiro atoms. The van der Waals surface area contributed by atoms with Gasteiger partial charge in [-0.1, -0.05) is 23.8 Å². The second kappa shape index (κ2) is 3.35. The molecule has 14 heavy (non-hydrogen) atoms. The van der Waals surface area contributed by atoms with Gasteiger partial charge in [0.25, 0.3) is 0 Å². The number of hydrogen-bond acceptors (Lipinski definition) is 1. The molecular weight excluding hydrogens is 177 g/mol. The average molecular weight is 193 g/mol. The van der Waals surface area contributed by atoms with Crippen LogP contribution in [0.2, 0.25) is 0 Å². The summed E-state index contributed by atoms with van der Waals surface area (Å²) < 4.78 is 14.0. The van der Waals surface area contributed by atoms with Crippen molar-refractivity contribution in [3.8, 4) is 0 Å². The molecule has 0 heterocycles. The largest absolute Gasteiger partial charge is 0.328 e. The Morgan fingerprint density at radius 1 is 1.43 bits per heavy atom. The molecule has 0 bridgehead atoms. The lowest BCUT2D eigenvalue weighted by molar-refractivity contribution is 0.151. The van der Waals surface area contributed by atoms with E-state index in [0.717, 1.165) is 12.0 Å². The van der Waals surface area contributed by atoms with Gasteiger partial charge in [-0.15, -0.1) is 0 Å². The lowest BCUT2D eigenvalue weighted by Crippen LogP contribution is -2.38. The fourth-order valence-corrected chi connectivity index (χ4v) is 2.12. The third-order valence-corrected chi connectivity index (χ3v) is 3.08. The minimum atomic E-state index is -1.16. The first-order valence-corrected chi connectivity index (χ1v) is 5.10. The van der Waals surface area contributed by atoms with Gasteiger partial charge in [-0.05, 0) is 30.9 Å². The van der Waals surface area contributed by atoms with E-state index >= 15 is 0 Å². The Labute approximate surface area is 84.1 Å². The average Bonchev–Trinajstić information content (AvgIpc) is 2.19. The summed E-state index contributed by atoms with van der Waals surface area (Å²) in [7, 11) is 0. The lowest BCUT2D eigenvalue weighted by atomic mass is 9.81. The maximum atomic E-state index is 14.0. The molecule has 1 aromatic rings. The zero-order chi connectivity index (χ0) is 10.2. The molecular formula is C12H16FN. The molecule has 1 nitrogen and oxygen atoms in total. The smallest absolute Gasteiger partial charge is 0.127 e. The number of nitrogens with two attached hydrogens (primary N) is 1. The summed E-state index contributed by atoms with van der Waals surface area (Å²) in [6.45, 7) is 2.21. The van der Waals surface area contributed by atoms with Crippen molar-refractivity contribution >= 4 is 0 Å². The second-order valence-electron chi connectivity index (χ2n) is 4.30. The highest BCUT2D eigenvalue weighted by atomic mass is 19.1. The summed E-state index contributed by atoms with van der Waals surface area (Å²) in [6, 6.07) is 6.24. The van der Waals surface area contributed by atoms with E-state index in [-0.39, 0.29) is 6.54 Å². The predicted molar refractivity (Wildman–Crippen MR) is 56.1 cm³/mol. The molecule has 2 N–H and O–H groups in total.